The van der Waals surface area contributed by atoms with E-state index in [1.165, 1.54) is 39.9 Å². The molecule has 0 aliphatic carbocycles. The first-order valence-corrected chi connectivity index (χ1v) is 13.3. The Kier molecular flexibility index (Phi) is 8.56. The van der Waals surface area contributed by atoms with Crippen LogP contribution in [0.4, 0.5) is 0 Å². The molecular weight excluding hydrogens is 446 g/mol. The van der Waals surface area contributed by atoms with Crippen molar-refractivity contribution < 1.29 is 21.6 Å². The number of hydrogen-bond acceptors (Lipinski definition) is 6. The number of likely N-dealkylation sites (N-methyl/N-ethyl adjacent to an activating group) is 1. The molecule has 0 spiro atoms. The summed E-state index contributed by atoms with van der Waals surface area (Å²) in [6.07, 6.45) is 0. The molecule has 0 aliphatic rings. The van der Waals surface area contributed by atoms with Crippen molar-refractivity contribution in [3.05, 3.63) is 46.7 Å². The first-order valence-electron chi connectivity index (χ1n) is 9.56. The summed E-state index contributed by atoms with van der Waals surface area (Å²) in [4.78, 5) is 13.2. The number of amides is 1. The Hall–Kier alpha value is -1.79. The second kappa shape index (κ2) is 10.5. The van der Waals surface area contributed by atoms with Gasteiger partial charge in [-0.25, -0.2) is 16.8 Å². The maximum absolute atomic E-state index is 12.9. The fourth-order valence-electron chi connectivity index (χ4n) is 2.83. The van der Waals surface area contributed by atoms with Gasteiger partial charge in [0, 0.05) is 24.5 Å². The number of sulfonamides is 2. The van der Waals surface area contributed by atoms with Crippen molar-refractivity contribution in [2.45, 2.75) is 37.1 Å². The molecule has 2 rings (SSSR count). The lowest BCUT2D eigenvalue weighted by Gasteiger charge is -2.21. The predicted octanol–water partition coefficient (Wildman–Crippen LogP) is 2.11. The van der Waals surface area contributed by atoms with Gasteiger partial charge in [0.15, 0.2) is 0 Å². The van der Waals surface area contributed by atoms with Crippen LogP contribution in [0.15, 0.2) is 51.6 Å². The molecule has 30 heavy (non-hydrogen) atoms. The van der Waals surface area contributed by atoms with Gasteiger partial charge < -0.3 is 5.32 Å². The van der Waals surface area contributed by atoms with E-state index in [0.29, 0.717) is 19.6 Å². The molecule has 0 aliphatic heterocycles. The lowest BCUT2D eigenvalue weighted by molar-refractivity contribution is -0.121. The van der Waals surface area contributed by atoms with E-state index >= 15 is 0 Å². The molecular formula is C19H27N3O5S3. The summed E-state index contributed by atoms with van der Waals surface area (Å²) >= 11 is 1.50. The summed E-state index contributed by atoms with van der Waals surface area (Å²) in [5.41, 5.74) is 0. The van der Waals surface area contributed by atoms with Gasteiger partial charge in [-0.15, -0.1) is 11.3 Å². The fourth-order valence-corrected chi connectivity index (χ4v) is 6.33. The summed E-state index contributed by atoms with van der Waals surface area (Å²) in [5.74, 6) is -0.408. The molecule has 1 heterocycles. The van der Waals surface area contributed by atoms with E-state index in [9.17, 15) is 21.6 Å². The third-order valence-electron chi connectivity index (χ3n) is 4.52. The largest absolute Gasteiger partial charge is 0.350 e. The Morgan fingerprint density at radius 1 is 0.867 bits per heavy atom. The van der Waals surface area contributed by atoms with Crippen LogP contribution in [-0.4, -0.2) is 57.5 Å². The number of thiophene rings is 1. The Balaban J connectivity index is 2.14. The SMILES string of the molecule is CCN(CC)S(=O)(=O)c1ccc(S(=O)(=O)N(CC)CC(=O)NCc2cccs2)cc1. The molecule has 0 saturated heterocycles. The van der Waals surface area contributed by atoms with E-state index in [2.05, 4.69) is 5.32 Å². The van der Waals surface area contributed by atoms with Gasteiger partial charge >= 0.3 is 0 Å². The fraction of sp³-hybridized carbons (Fsp3) is 0.421. The lowest BCUT2D eigenvalue weighted by atomic mass is 10.4. The quantitative estimate of drug-likeness (QED) is 0.538. The van der Waals surface area contributed by atoms with Crippen molar-refractivity contribution in [3.63, 3.8) is 0 Å². The lowest BCUT2D eigenvalue weighted by Crippen LogP contribution is -2.40. The van der Waals surface area contributed by atoms with Crippen LogP contribution in [-0.2, 0) is 31.4 Å². The molecule has 1 amide bonds. The maximum Gasteiger partial charge on any atom is 0.243 e. The Labute approximate surface area is 182 Å². The minimum atomic E-state index is -3.95. The maximum atomic E-state index is 12.9. The molecule has 0 fully saturated rings. The zero-order valence-corrected chi connectivity index (χ0v) is 19.7. The molecule has 166 valence electrons. The minimum absolute atomic E-state index is 0.0295. The second-order valence-corrected chi connectivity index (χ2v) is 11.3. The van der Waals surface area contributed by atoms with Gasteiger partial charge in [0.05, 0.1) is 22.9 Å². The number of hydrogen-bond donors (Lipinski definition) is 1. The highest BCUT2D eigenvalue weighted by Crippen LogP contribution is 2.21. The highest BCUT2D eigenvalue weighted by Gasteiger charge is 2.27. The number of nitrogens with zero attached hydrogens (tertiary/aromatic N) is 2. The summed E-state index contributed by atoms with van der Waals surface area (Å²) in [6, 6.07) is 8.85. The molecule has 11 heteroatoms. The second-order valence-electron chi connectivity index (χ2n) is 6.35. The van der Waals surface area contributed by atoms with Crippen LogP contribution in [0.25, 0.3) is 0 Å². The summed E-state index contributed by atoms with van der Waals surface area (Å²) in [5, 5.41) is 4.61. The van der Waals surface area contributed by atoms with Crippen molar-refractivity contribution in [1.82, 2.24) is 13.9 Å². The van der Waals surface area contributed by atoms with Crippen molar-refractivity contribution in [2.24, 2.45) is 0 Å². The van der Waals surface area contributed by atoms with Crippen molar-refractivity contribution in [1.29, 1.82) is 0 Å². The van der Waals surface area contributed by atoms with Gasteiger partial charge in [-0.1, -0.05) is 26.8 Å². The third-order valence-corrected chi connectivity index (χ3v) is 9.39. The van der Waals surface area contributed by atoms with Crippen LogP contribution in [0.1, 0.15) is 25.6 Å². The number of carbonyl (C=O) groups is 1. The Morgan fingerprint density at radius 2 is 1.37 bits per heavy atom. The monoisotopic (exact) mass is 473 g/mol. The molecule has 0 atom stereocenters. The van der Waals surface area contributed by atoms with Crippen LogP contribution in [0.3, 0.4) is 0 Å². The Morgan fingerprint density at radius 3 is 1.80 bits per heavy atom. The van der Waals surface area contributed by atoms with Crippen molar-refractivity contribution in [2.75, 3.05) is 26.2 Å². The molecule has 1 N–H and O–H groups in total. The normalized spacial score (nSPS) is 12.4. The van der Waals surface area contributed by atoms with Gasteiger partial charge in [-0.05, 0) is 35.7 Å². The van der Waals surface area contributed by atoms with Crippen LogP contribution in [0.5, 0.6) is 0 Å². The van der Waals surface area contributed by atoms with Crippen LogP contribution < -0.4 is 5.32 Å². The van der Waals surface area contributed by atoms with Crippen molar-refractivity contribution >= 4 is 37.3 Å². The molecule has 2 aromatic rings. The Bertz CT molecular complexity index is 1030. The van der Waals surface area contributed by atoms with E-state index < -0.39 is 26.0 Å². The van der Waals surface area contributed by atoms with Gasteiger partial charge in [0.25, 0.3) is 0 Å². The average Bonchev–Trinajstić information content (AvgIpc) is 3.25. The molecule has 0 bridgehead atoms. The van der Waals surface area contributed by atoms with E-state index in [1.807, 2.05) is 17.5 Å². The highest BCUT2D eigenvalue weighted by atomic mass is 32.2. The first-order chi connectivity index (χ1) is 14.2. The van der Waals surface area contributed by atoms with Crippen LogP contribution in [0, 0.1) is 0 Å². The van der Waals surface area contributed by atoms with E-state index in [0.717, 1.165) is 9.18 Å². The van der Waals surface area contributed by atoms with Gasteiger partial charge in [0.2, 0.25) is 26.0 Å². The first kappa shape index (κ1) is 24.5. The molecule has 0 saturated carbocycles. The van der Waals surface area contributed by atoms with Gasteiger partial charge in [-0.2, -0.15) is 8.61 Å². The van der Waals surface area contributed by atoms with Gasteiger partial charge in [0.1, 0.15) is 0 Å². The minimum Gasteiger partial charge on any atom is -0.350 e. The summed E-state index contributed by atoms with van der Waals surface area (Å²) in [6.45, 7) is 5.89. The topological polar surface area (TPSA) is 104 Å². The number of benzene rings is 1. The summed E-state index contributed by atoms with van der Waals surface area (Å²) in [7, 11) is -7.62. The standard InChI is InChI=1S/C19H27N3O5S3/c1-4-21(5-2)29(24,25)17-9-11-18(12-10-17)30(26,27)22(6-3)15-19(23)20-14-16-8-7-13-28-16/h7-13H,4-6,14-15H2,1-3H3,(H,20,23). The third kappa shape index (κ3) is 5.67. The van der Waals surface area contributed by atoms with E-state index in [4.69, 9.17) is 0 Å². The average molecular weight is 474 g/mol. The van der Waals surface area contributed by atoms with Crippen LogP contribution in [0.2, 0.25) is 0 Å². The molecule has 1 aromatic heterocycles. The molecule has 0 unspecified atom stereocenters. The highest BCUT2D eigenvalue weighted by molar-refractivity contribution is 7.89. The number of carbonyl (C=O) groups excluding carboxylic acids is 1. The van der Waals surface area contributed by atoms with Crippen molar-refractivity contribution in [3.8, 4) is 0 Å². The summed E-state index contributed by atoms with van der Waals surface area (Å²) < 4.78 is 53.4. The van der Waals surface area contributed by atoms with Crippen LogP contribution >= 0.6 is 11.3 Å². The van der Waals surface area contributed by atoms with Gasteiger partial charge in [-0.3, -0.25) is 4.79 Å². The molecule has 0 radical (unpaired) electrons. The molecule has 8 nitrogen and oxygen atoms in total. The zero-order valence-electron chi connectivity index (χ0n) is 17.2. The smallest absolute Gasteiger partial charge is 0.243 e. The zero-order chi connectivity index (χ0) is 22.4. The number of rotatable bonds is 11. The van der Waals surface area contributed by atoms with E-state index in [-0.39, 0.29) is 22.9 Å². The predicted molar refractivity (Wildman–Crippen MR) is 117 cm³/mol. The number of nitrogens with one attached hydrogen (secondary N) is 1. The van der Waals surface area contributed by atoms with E-state index in [1.54, 1.807) is 20.8 Å². The molecule has 1 aromatic carbocycles.